The van der Waals surface area contributed by atoms with E-state index in [4.69, 9.17) is 0 Å². The van der Waals surface area contributed by atoms with Crippen molar-refractivity contribution in [2.45, 2.75) is 31.8 Å². The van der Waals surface area contributed by atoms with E-state index in [9.17, 15) is 4.79 Å². The highest BCUT2D eigenvalue weighted by Gasteiger charge is 2.29. The number of H-pyrrole nitrogens is 1. The van der Waals surface area contributed by atoms with Gasteiger partial charge in [-0.3, -0.25) is 9.69 Å². The van der Waals surface area contributed by atoms with Gasteiger partial charge in [-0.1, -0.05) is 36.4 Å². The molecule has 0 saturated carbocycles. The number of aromatic nitrogens is 1. The molecule has 2 aliphatic heterocycles. The molecule has 1 N–H and O–H groups in total. The van der Waals surface area contributed by atoms with Crippen molar-refractivity contribution in [2.24, 2.45) is 0 Å². The Bertz CT molecular complexity index is 968. The summed E-state index contributed by atoms with van der Waals surface area (Å²) in [6.45, 7) is 3.88. The number of nitrogens with zero attached hydrogens (tertiary/aromatic N) is 2. The summed E-state index contributed by atoms with van der Waals surface area (Å²) in [5.41, 5.74) is 4.72. The fourth-order valence-corrected chi connectivity index (χ4v) is 4.70. The van der Waals surface area contributed by atoms with Gasteiger partial charge in [0.1, 0.15) is 0 Å². The standard InChI is InChI=1S/C23H25N3O/c27-23(21-7-3-6-18-8-12-24-22(18)21)25-14-10-20(11-15-25)26-13-9-17-4-1-2-5-19(17)16-26/h1-8,12,20,24H,9-11,13-16H2. The van der Waals surface area contributed by atoms with E-state index < -0.39 is 0 Å². The lowest BCUT2D eigenvalue weighted by molar-refractivity contribution is 0.0601. The quantitative estimate of drug-likeness (QED) is 0.755. The maximum atomic E-state index is 13.1. The van der Waals surface area contributed by atoms with Crippen LogP contribution in [0.4, 0.5) is 0 Å². The Morgan fingerprint density at radius 3 is 2.59 bits per heavy atom. The van der Waals surface area contributed by atoms with Crippen LogP contribution in [0.1, 0.15) is 34.3 Å². The average Bonchev–Trinajstić information content (AvgIpc) is 3.22. The van der Waals surface area contributed by atoms with E-state index in [-0.39, 0.29) is 5.91 Å². The van der Waals surface area contributed by atoms with Gasteiger partial charge in [-0.25, -0.2) is 0 Å². The number of carbonyl (C=O) groups is 1. The van der Waals surface area contributed by atoms with Gasteiger partial charge in [0.25, 0.3) is 5.91 Å². The molecule has 0 radical (unpaired) electrons. The van der Waals surface area contributed by atoms with Gasteiger partial charge in [0, 0.05) is 43.8 Å². The van der Waals surface area contributed by atoms with E-state index in [1.807, 2.05) is 35.4 Å². The topological polar surface area (TPSA) is 39.3 Å². The van der Waals surface area contributed by atoms with Crippen molar-refractivity contribution < 1.29 is 4.79 Å². The van der Waals surface area contributed by atoms with Crippen molar-refractivity contribution in [3.8, 4) is 0 Å². The molecule has 138 valence electrons. The Morgan fingerprint density at radius 1 is 0.926 bits per heavy atom. The van der Waals surface area contributed by atoms with E-state index in [2.05, 4.69) is 34.1 Å². The number of amides is 1. The summed E-state index contributed by atoms with van der Waals surface area (Å²) in [5.74, 6) is 0.158. The van der Waals surface area contributed by atoms with Gasteiger partial charge in [0.15, 0.2) is 0 Å². The van der Waals surface area contributed by atoms with Crippen molar-refractivity contribution >= 4 is 16.8 Å². The van der Waals surface area contributed by atoms with Gasteiger partial charge < -0.3 is 9.88 Å². The largest absolute Gasteiger partial charge is 0.361 e. The second-order valence-corrected chi connectivity index (χ2v) is 7.76. The summed E-state index contributed by atoms with van der Waals surface area (Å²) in [7, 11) is 0. The highest BCUT2D eigenvalue weighted by atomic mass is 16.2. The molecule has 3 aromatic rings. The van der Waals surface area contributed by atoms with Crippen LogP contribution in [0.5, 0.6) is 0 Å². The molecule has 0 atom stereocenters. The lowest BCUT2D eigenvalue weighted by atomic mass is 9.95. The fourth-order valence-electron chi connectivity index (χ4n) is 4.70. The number of hydrogen-bond donors (Lipinski definition) is 1. The molecule has 4 nitrogen and oxygen atoms in total. The average molecular weight is 359 g/mol. The Kier molecular flexibility index (Phi) is 4.21. The van der Waals surface area contributed by atoms with Crippen molar-refractivity contribution in [3.05, 3.63) is 71.4 Å². The SMILES string of the molecule is O=C(c1cccc2cc[nH]c12)N1CCC(N2CCc3ccccc3C2)CC1. The molecule has 5 rings (SSSR count). The Morgan fingerprint density at radius 2 is 1.74 bits per heavy atom. The summed E-state index contributed by atoms with van der Waals surface area (Å²) in [5, 5.41) is 1.10. The number of fused-ring (bicyclic) bond motifs is 2. The van der Waals surface area contributed by atoms with Crippen molar-refractivity contribution in [2.75, 3.05) is 19.6 Å². The Balaban J connectivity index is 1.25. The third-order valence-corrected chi connectivity index (χ3v) is 6.25. The number of para-hydroxylation sites is 1. The third kappa shape index (κ3) is 3.04. The number of nitrogens with one attached hydrogen (secondary N) is 1. The molecule has 0 bridgehead atoms. The second-order valence-electron chi connectivity index (χ2n) is 7.76. The van der Waals surface area contributed by atoms with Crippen molar-refractivity contribution in [1.82, 2.24) is 14.8 Å². The minimum atomic E-state index is 0.158. The minimum Gasteiger partial charge on any atom is -0.361 e. The number of hydrogen-bond acceptors (Lipinski definition) is 2. The zero-order chi connectivity index (χ0) is 18.2. The van der Waals surface area contributed by atoms with E-state index >= 15 is 0 Å². The maximum absolute atomic E-state index is 13.1. The van der Waals surface area contributed by atoms with Gasteiger partial charge in [0.2, 0.25) is 0 Å². The van der Waals surface area contributed by atoms with Crippen LogP contribution < -0.4 is 0 Å². The molecule has 2 aliphatic rings. The maximum Gasteiger partial charge on any atom is 0.255 e. The van der Waals surface area contributed by atoms with Gasteiger partial charge in [-0.05, 0) is 42.5 Å². The monoisotopic (exact) mass is 359 g/mol. The molecule has 0 unspecified atom stereocenters. The van der Waals surface area contributed by atoms with Crippen LogP contribution in [0.15, 0.2) is 54.7 Å². The van der Waals surface area contributed by atoms with Crippen molar-refractivity contribution in [3.63, 3.8) is 0 Å². The number of likely N-dealkylation sites (tertiary alicyclic amines) is 1. The zero-order valence-corrected chi connectivity index (χ0v) is 15.5. The lowest BCUT2D eigenvalue weighted by Gasteiger charge is -2.40. The normalized spacial score (nSPS) is 18.6. The molecule has 1 fully saturated rings. The van der Waals surface area contributed by atoms with Crippen LogP contribution in [0.2, 0.25) is 0 Å². The molecule has 3 heterocycles. The molecule has 27 heavy (non-hydrogen) atoms. The van der Waals surface area contributed by atoms with E-state index in [1.165, 1.54) is 11.1 Å². The molecule has 0 spiro atoms. The van der Waals surface area contributed by atoms with Crippen LogP contribution in [0, 0.1) is 0 Å². The highest BCUT2D eigenvalue weighted by Crippen LogP contribution is 2.26. The van der Waals surface area contributed by atoms with Crippen molar-refractivity contribution in [1.29, 1.82) is 0 Å². The van der Waals surface area contributed by atoms with E-state index in [1.54, 1.807) is 0 Å². The summed E-state index contributed by atoms with van der Waals surface area (Å²) >= 11 is 0. The third-order valence-electron chi connectivity index (χ3n) is 6.25. The molecule has 1 saturated heterocycles. The fraction of sp³-hybridized carbons (Fsp3) is 0.348. The highest BCUT2D eigenvalue weighted by molar-refractivity contribution is 6.05. The minimum absolute atomic E-state index is 0.158. The van der Waals surface area contributed by atoms with E-state index in [0.29, 0.717) is 6.04 Å². The van der Waals surface area contributed by atoms with Crippen LogP contribution in [0.3, 0.4) is 0 Å². The molecule has 4 heteroatoms. The number of aromatic amines is 1. The van der Waals surface area contributed by atoms with E-state index in [0.717, 1.165) is 61.9 Å². The van der Waals surface area contributed by atoms with Gasteiger partial charge >= 0.3 is 0 Å². The number of piperidine rings is 1. The number of benzene rings is 2. The number of carbonyl (C=O) groups excluding carboxylic acids is 1. The first kappa shape index (κ1) is 16.6. The van der Waals surface area contributed by atoms with Gasteiger partial charge in [0.05, 0.1) is 11.1 Å². The molecule has 2 aromatic carbocycles. The molecular weight excluding hydrogens is 334 g/mol. The molecule has 1 aromatic heterocycles. The Hall–Kier alpha value is -2.59. The van der Waals surface area contributed by atoms with Crippen LogP contribution in [-0.2, 0) is 13.0 Å². The summed E-state index contributed by atoms with van der Waals surface area (Å²) < 4.78 is 0. The summed E-state index contributed by atoms with van der Waals surface area (Å²) in [6, 6.07) is 17.4. The second kappa shape index (κ2) is 6.86. The van der Waals surface area contributed by atoms with Crippen LogP contribution >= 0.6 is 0 Å². The molecule has 0 aliphatic carbocycles. The first-order valence-corrected chi connectivity index (χ1v) is 9.96. The number of rotatable bonds is 2. The van der Waals surface area contributed by atoms with Crippen LogP contribution in [0.25, 0.3) is 10.9 Å². The van der Waals surface area contributed by atoms with Gasteiger partial charge in [-0.2, -0.15) is 0 Å². The summed E-state index contributed by atoms with van der Waals surface area (Å²) in [4.78, 5) is 20.9. The van der Waals surface area contributed by atoms with Gasteiger partial charge in [-0.15, -0.1) is 0 Å². The molecular formula is C23H25N3O. The first-order valence-electron chi connectivity index (χ1n) is 9.96. The zero-order valence-electron chi connectivity index (χ0n) is 15.5. The predicted octanol–water partition coefficient (Wildman–Crippen LogP) is 3.83. The summed E-state index contributed by atoms with van der Waals surface area (Å²) in [6.07, 6.45) is 5.18. The Labute approximate surface area is 159 Å². The first-order chi connectivity index (χ1) is 13.3. The molecule has 1 amide bonds. The lowest BCUT2D eigenvalue weighted by Crippen LogP contribution is -2.48. The smallest absolute Gasteiger partial charge is 0.255 e. The predicted molar refractivity (Wildman–Crippen MR) is 108 cm³/mol. The van der Waals surface area contributed by atoms with Crippen LogP contribution in [-0.4, -0.2) is 46.4 Å².